The fourth-order valence-corrected chi connectivity index (χ4v) is 7.45. The van der Waals surface area contributed by atoms with Crippen LogP contribution in [0.5, 0.6) is 0 Å². The summed E-state index contributed by atoms with van der Waals surface area (Å²) in [4.78, 5) is 23.4. The Balaban J connectivity index is 1.58. The summed E-state index contributed by atoms with van der Waals surface area (Å²) in [7, 11) is 0. The monoisotopic (exact) mass is 581 g/mol. The number of aliphatic imine (C=N–C) groups is 1. The second-order valence-corrected chi connectivity index (χ2v) is 12.4. The lowest BCUT2D eigenvalue weighted by molar-refractivity contribution is -0.135. The lowest BCUT2D eigenvalue weighted by Crippen LogP contribution is -2.65. The normalized spacial score (nSPS) is 24.5. The number of nitrogens with one attached hydrogen (secondary N) is 1. The maximum absolute atomic E-state index is 5.88. The van der Waals surface area contributed by atoms with Gasteiger partial charge in [0.25, 0.3) is 0 Å². The number of thioether (sulfide) groups is 1. The van der Waals surface area contributed by atoms with Crippen molar-refractivity contribution in [1.29, 1.82) is 0 Å². The summed E-state index contributed by atoms with van der Waals surface area (Å²) in [6.07, 6.45) is 11.4. The summed E-state index contributed by atoms with van der Waals surface area (Å²) in [6, 6.07) is 18.6. The van der Waals surface area contributed by atoms with Crippen LogP contribution >= 0.6 is 11.8 Å². The van der Waals surface area contributed by atoms with Gasteiger partial charge in [0.05, 0.1) is 11.4 Å². The number of likely N-dealkylation sites (tertiary alicyclic amines) is 1. The molecule has 7 heterocycles. The standard InChI is InChI=1S/C32H39N9S/c1-5-18-36-40(21-9-1)31-29(26-12-2-6-15-33-26)37-32(38-19-10-11-20-38,28-14-4-8-17-35-28)41(39-22-24-42-25-23-39)30(31)27-13-3-7-16-34-27/h2-4,6-8,12-17,36H,1,5,9-11,18-25H2. The molecule has 0 aliphatic carbocycles. The number of hydrogen-bond acceptors (Lipinski definition) is 10. The molecule has 1 unspecified atom stereocenters. The lowest BCUT2D eigenvalue weighted by Gasteiger charge is -2.55. The molecule has 4 aliphatic rings. The van der Waals surface area contributed by atoms with Crippen molar-refractivity contribution in [1.82, 2.24) is 40.3 Å². The summed E-state index contributed by atoms with van der Waals surface area (Å²) in [6.45, 7) is 5.56. The van der Waals surface area contributed by atoms with Crippen molar-refractivity contribution < 1.29 is 0 Å². The Morgan fingerprint density at radius 3 is 2.05 bits per heavy atom. The molecule has 3 aromatic rings. The van der Waals surface area contributed by atoms with E-state index in [4.69, 9.17) is 19.9 Å². The third-order valence-corrected chi connectivity index (χ3v) is 9.44. The molecule has 42 heavy (non-hydrogen) atoms. The molecule has 218 valence electrons. The van der Waals surface area contributed by atoms with Crippen LogP contribution in [-0.4, -0.2) is 91.4 Å². The number of hydrogen-bond donors (Lipinski definition) is 1. The molecular formula is C32H39N9S. The van der Waals surface area contributed by atoms with Crippen LogP contribution in [-0.2, 0) is 5.79 Å². The molecule has 0 spiro atoms. The van der Waals surface area contributed by atoms with E-state index in [0.29, 0.717) is 0 Å². The second-order valence-electron chi connectivity index (χ2n) is 11.1. The highest BCUT2D eigenvalue weighted by atomic mass is 32.2. The molecule has 0 amide bonds. The molecule has 10 heteroatoms. The van der Waals surface area contributed by atoms with Crippen LogP contribution in [0.2, 0.25) is 0 Å². The van der Waals surface area contributed by atoms with Crippen molar-refractivity contribution >= 4 is 23.2 Å². The molecule has 7 rings (SSSR count). The van der Waals surface area contributed by atoms with E-state index < -0.39 is 5.79 Å². The summed E-state index contributed by atoms with van der Waals surface area (Å²) in [5.74, 6) is 1.26. The van der Waals surface area contributed by atoms with E-state index in [2.05, 4.69) is 61.8 Å². The molecule has 1 atom stereocenters. The first-order chi connectivity index (χ1) is 20.9. The molecule has 4 aliphatic heterocycles. The molecule has 9 nitrogen and oxygen atoms in total. The van der Waals surface area contributed by atoms with Gasteiger partial charge in [0.2, 0.25) is 5.79 Å². The van der Waals surface area contributed by atoms with E-state index >= 15 is 0 Å². The number of aromatic nitrogens is 3. The van der Waals surface area contributed by atoms with E-state index in [1.807, 2.05) is 48.6 Å². The number of nitrogens with zero attached hydrogens (tertiary/aromatic N) is 8. The van der Waals surface area contributed by atoms with Crippen LogP contribution in [0.25, 0.3) is 5.70 Å². The minimum Gasteiger partial charge on any atom is -0.304 e. The fraction of sp³-hybridized carbons (Fsp3) is 0.438. The molecule has 0 bridgehead atoms. The van der Waals surface area contributed by atoms with Crippen molar-refractivity contribution in [2.24, 2.45) is 4.99 Å². The van der Waals surface area contributed by atoms with Gasteiger partial charge in [-0.05, 0) is 62.1 Å². The minimum atomic E-state index is -0.880. The van der Waals surface area contributed by atoms with Gasteiger partial charge in [0, 0.05) is 69.4 Å². The lowest BCUT2D eigenvalue weighted by atomic mass is 9.99. The third kappa shape index (κ3) is 5.10. The average Bonchev–Trinajstić information content (AvgIpc) is 3.49. The van der Waals surface area contributed by atoms with Gasteiger partial charge in [-0.25, -0.2) is 15.4 Å². The van der Waals surface area contributed by atoms with Gasteiger partial charge in [-0.15, -0.1) is 0 Å². The van der Waals surface area contributed by atoms with Crippen LogP contribution in [0.15, 0.2) is 83.9 Å². The highest BCUT2D eigenvalue weighted by Crippen LogP contribution is 2.47. The summed E-state index contributed by atoms with van der Waals surface area (Å²) < 4.78 is 0. The molecule has 3 saturated heterocycles. The predicted molar refractivity (Wildman–Crippen MR) is 168 cm³/mol. The zero-order valence-electron chi connectivity index (χ0n) is 24.1. The van der Waals surface area contributed by atoms with Crippen LogP contribution in [0.1, 0.15) is 49.2 Å². The Hall–Kier alpha value is -3.31. The van der Waals surface area contributed by atoms with Crippen LogP contribution in [0.3, 0.4) is 0 Å². The van der Waals surface area contributed by atoms with Gasteiger partial charge >= 0.3 is 0 Å². The SMILES string of the molecule is c1ccc(C2=NC(c3ccccn3)(N3CCCC3)N(N3CCSCC3)C(c3ccccn3)=C2N2CCCCCN2)nc1. The summed E-state index contributed by atoms with van der Waals surface area (Å²) in [5, 5.41) is 7.34. The number of rotatable bonds is 6. The molecule has 3 fully saturated rings. The Morgan fingerprint density at radius 1 is 0.667 bits per heavy atom. The number of pyridine rings is 3. The van der Waals surface area contributed by atoms with Gasteiger partial charge in [-0.1, -0.05) is 24.6 Å². The van der Waals surface area contributed by atoms with E-state index in [9.17, 15) is 0 Å². The summed E-state index contributed by atoms with van der Waals surface area (Å²) >= 11 is 2.02. The zero-order valence-corrected chi connectivity index (χ0v) is 24.9. The Morgan fingerprint density at radius 2 is 1.36 bits per heavy atom. The van der Waals surface area contributed by atoms with Gasteiger partial charge in [0.15, 0.2) is 0 Å². The first-order valence-corrected chi connectivity index (χ1v) is 16.5. The van der Waals surface area contributed by atoms with Gasteiger partial charge in [0.1, 0.15) is 22.8 Å². The van der Waals surface area contributed by atoms with Crippen LogP contribution in [0, 0.1) is 0 Å². The first-order valence-electron chi connectivity index (χ1n) is 15.3. The Kier molecular flexibility index (Phi) is 8.20. The predicted octanol–water partition coefficient (Wildman–Crippen LogP) is 4.21. The fourth-order valence-electron chi connectivity index (χ4n) is 6.56. The average molecular weight is 582 g/mol. The maximum atomic E-state index is 5.88. The molecule has 0 aromatic carbocycles. The van der Waals surface area contributed by atoms with Crippen molar-refractivity contribution in [3.05, 3.63) is 96.0 Å². The topological polar surface area (TPSA) is 76.0 Å². The van der Waals surface area contributed by atoms with Crippen molar-refractivity contribution in [3.63, 3.8) is 0 Å². The van der Waals surface area contributed by atoms with Gasteiger partial charge in [-0.2, -0.15) is 11.8 Å². The van der Waals surface area contributed by atoms with E-state index in [-0.39, 0.29) is 0 Å². The highest BCUT2D eigenvalue weighted by Gasteiger charge is 2.54. The maximum Gasteiger partial charge on any atom is 0.248 e. The van der Waals surface area contributed by atoms with Crippen molar-refractivity contribution in [3.8, 4) is 0 Å². The van der Waals surface area contributed by atoms with Crippen LogP contribution < -0.4 is 5.43 Å². The van der Waals surface area contributed by atoms with Gasteiger partial charge < -0.3 is 5.01 Å². The smallest absolute Gasteiger partial charge is 0.248 e. The number of allylic oxidation sites excluding steroid dienone is 1. The quantitative estimate of drug-likeness (QED) is 0.461. The molecule has 0 radical (unpaired) electrons. The zero-order chi connectivity index (χ0) is 28.2. The number of hydrazine groups is 2. The molecular weight excluding hydrogens is 542 g/mol. The Labute approximate surface area is 252 Å². The molecule has 0 saturated carbocycles. The first kappa shape index (κ1) is 27.5. The van der Waals surface area contributed by atoms with Gasteiger partial charge in [-0.3, -0.25) is 24.9 Å². The molecule has 3 aromatic heterocycles. The van der Waals surface area contributed by atoms with Crippen molar-refractivity contribution in [2.75, 3.05) is 50.8 Å². The van der Waals surface area contributed by atoms with Crippen molar-refractivity contribution in [2.45, 2.75) is 37.9 Å². The molecule has 1 N–H and O–H groups in total. The van der Waals surface area contributed by atoms with E-state index in [1.165, 1.54) is 6.42 Å². The minimum absolute atomic E-state index is 0.861. The third-order valence-electron chi connectivity index (χ3n) is 8.50. The highest BCUT2D eigenvalue weighted by molar-refractivity contribution is 7.99. The van der Waals surface area contributed by atoms with Crippen LogP contribution in [0.4, 0.5) is 0 Å². The van der Waals surface area contributed by atoms with E-state index in [1.54, 1.807) is 0 Å². The second kappa shape index (κ2) is 12.5. The Bertz CT molecular complexity index is 1380. The summed E-state index contributed by atoms with van der Waals surface area (Å²) in [5.41, 5.74) is 9.47. The van der Waals surface area contributed by atoms with E-state index in [0.717, 1.165) is 111 Å². The largest absolute Gasteiger partial charge is 0.304 e.